The molecule has 1 N–H and O–H groups in total. The van der Waals surface area contributed by atoms with Crippen molar-refractivity contribution < 1.29 is 9.47 Å². The molecule has 3 heteroatoms. The lowest BCUT2D eigenvalue weighted by Gasteiger charge is -2.23. The van der Waals surface area contributed by atoms with Gasteiger partial charge in [0.2, 0.25) is 0 Å². The van der Waals surface area contributed by atoms with Crippen LogP contribution in [0.4, 0.5) is 0 Å². The first-order chi connectivity index (χ1) is 7.05. The van der Waals surface area contributed by atoms with E-state index in [2.05, 4.69) is 33.0 Å². The molecule has 92 valence electrons. The number of methoxy groups -OCH3 is 1. The first-order valence-electron chi connectivity index (χ1n) is 5.92. The van der Waals surface area contributed by atoms with Crippen LogP contribution < -0.4 is 5.32 Å². The molecule has 0 bridgehead atoms. The van der Waals surface area contributed by atoms with E-state index >= 15 is 0 Å². The summed E-state index contributed by atoms with van der Waals surface area (Å²) in [7, 11) is 1.74. The van der Waals surface area contributed by atoms with Gasteiger partial charge in [0.15, 0.2) is 0 Å². The molecule has 0 aliphatic carbocycles. The Kier molecular flexibility index (Phi) is 8.02. The summed E-state index contributed by atoms with van der Waals surface area (Å²) >= 11 is 0. The van der Waals surface area contributed by atoms with Crippen molar-refractivity contribution in [1.29, 1.82) is 0 Å². The number of rotatable bonds is 9. The van der Waals surface area contributed by atoms with Gasteiger partial charge in [-0.25, -0.2) is 0 Å². The predicted molar refractivity (Wildman–Crippen MR) is 64.3 cm³/mol. The maximum Gasteiger partial charge on any atom is 0.0644 e. The van der Waals surface area contributed by atoms with Crippen molar-refractivity contribution in [2.45, 2.75) is 52.2 Å². The van der Waals surface area contributed by atoms with E-state index in [4.69, 9.17) is 9.47 Å². The Morgan fingerprint density at radius 3 is 2.40 bits per heavy atom. The van der Waals surface area contributed by atoms with Gasteiger partial charge in [-0.05, 0) is 33.2 Å². The van der Waals surface area contributed by atoms with E-state index in [0.717, 1.165) is 32.6 Å². The van der Waals surface area contributed by atoms with Crippen molar-refractivity contribution in [3.63, 3.8) is 0 Å². The lowest BCUT2D eigenvalue weighted by molar-refractivity contribution is -0.0124. The fourth-order valence-electron chi connectivity index (χ4n) is 1.26. The zero-order valence-electron chi connectivity index (χ0n) is 10.9. The largest absolute Gasteiger partial charge is 0.380 e. The van der Waals surface area contributed by atoms with E-state index in [-0.39, 0.29) is 5.60 Å². The van der Waals surface area contributed by atoms with E-state index < -0.39 is 0 Å². The highest BCUT2D eigenvalue weighted by Gasteiger charge is 2.15. The van der Waals surface area contributed by atoms with Crippen molar-refractivity contribution in [3.8, 4) is 0 Å². The summed E-state index contributed by atoms with van der Waals surface area (Å²) in [6.07, 6.45) is 2.05. The highest BCUT2D eigenvalue weighted by molar-refractivity contribution is 4.67. The monoisotopic (exact) mass is 217 g/mol. The molecule has 0 aromatic heterocycles. The molecule has 0 aromatic carbocycles. The number of hydrogen-bond donors (Lipinski definition) is 1. The molecule has 0 aliphatic rings. The molecule has 0 rings (SSSR count). The Hall–Kier alpha value is -0.120. The molecule has 3 nitrogen and oxygen atoms in total. The molecule has 0 fully saturated rings. The van der Waals surface area contributed by atoms with Crippen LogP contribution in [-0.2, 0) is 9.47 Å². The minimum Gasteiger partial charge on any atom is -0.380 e. The third kappa shape index (κ3) is 7.77. The Morgan fingerprint density at radius 2 is 1.93 bits per heavy atom. The lowest BCUT2D eigenvalue weighted by Crippen LogP contribution is -2.33. The molecule has 0 amide bonds. The maximum atomic E-state index is 5.63. The summed E-state index contributed by atoms with van der Waals surface area (Å²) in [4.78, 5) is 0. The summed E-state index contributed by atoms with van der Waals surface area (Å²) < 4.78 is 11.0. The van der Waals surface area contributed by atoms with Gasteiger partial charge in [-0.1, -0.05) is 13.8 Å². The van der Waals surface area contributed by atoms with E-state index in [0.29, 0.717) is 6.04 Å². The van der Waals surface area contributed by atoms with Crippen LogP contribution in [0.2, 0.25) is 0 Å². The normalized spacial score (nSPS) is 14.2. The third-order valence-electron chi connectivity index (χ3n) is 2.71. The van der Waals surface area contributed by atoms with Gasteiger partial charge in [0.05, 0.1) is 12.2 Å². The molecule has 0 saturated carbocycles. The molecule has 0 aliphatic heterocycles. The molecular weight excluding hydrogens is 190 g/mol. The van der Waals surface area contributed by atoms with Crippen LogP contribution in [-0.4, -0.2) is 38.5 Å². The van der Waals surface area contributed by atoms with Crippen LogP contribution >= 0.6 is 0 Å². The van der Waals surface area contributed by atoms with Crippen molar-refractivity contribution in [3.05, 3.63) is 0 Å². The molecule has 15 heavy (non-hydrogen) atoms. The zero-order chi connectivity index (χ0) is 11.7. The third-order valence-corrected chi connectivity index (χ3v) is 2.71. The first-order valence-corrected chi connectivity index (χ1v) is 5.92. The minimum absolute atomic E-state index is 0.0695. The van der Waals surface area contributed by atoms with E-state index in [1.54, 1.807) is 7.11 Å². The number of hydrogen-bond acceptors (Lipinski definition) is 3. The van der Waals surface area contributed by atoms with Crippen LogP contribution in [0.1, 0.15) is 40.5 Å². The van der Waals surface area contributed by atoms with E-state index in [1.165, 1.54) is 0 Å². The highest BCUT2D eigenvalue weighted by atomic mass is 16.5. The topological polar surface area (TPSA) is 30.5 Å². The summed E-state index contributed by atoms with van der Waals surface area (Å²) in [6.45, 7) is 11.0. The molecule has 0 heterocycles. The van der Waals surface area contributed by atoms with E-state index in [1.807, 2.05) is 0 Å². The van der Waals surface area contributed by atoms with Gasteiger partial charge < -0.3 is 14.8 Å². The summed E-state index contributed by atoms with van der Waals surface area (Å²) in [5, 5.41) is 3.39. The molecular formula is C12H27NO2. The molecule has 0 radical (unpaired) electrons. The molecule has 0 spiro atoms. The summed E-state index contributed by atoms with van der Waals surface area (Å²) in [6, 6.07) is 0.487. The molecule has 1 unspecified atom stereocenters. The lowest BCUT2D eigenvalue weighted by atomic mass is 10.1. The van der Waals surface area contributed by atoms with Gasteiger partial charge in [0, 0.05) is 19.8 Å². The van der Waals surface area contributed by atoms with Crippen LogP contribution in [0.3, 0.4) is 0 Å². The van der Waals surface area contributed by atoms with Crippen molar-refractivity contribution >= 4 is 0 Å². The molecule has 0 aromatic rings. The summed E-state index contributed by atoms with van der Waals surface area (Å²) in [5.74, 6) is 0. The fraction of sp³-hybridized carbons (Fsp3) is 1.00. The minimum atomic E-state index is -0.0695. The van der Waals surface area contributed by atoms with Crippen LogP contribution in [0.15, 0.2) is 0 Å². The van der Waals surface area contributed by atoms with Gasteiger partial charge in [-0.2, -0.15) is 0 Å². The standard InChI is InChI=1S/C12H27NO2/c1-6-11(13-7-2)10-15-9-8-12(3,4)14-5/h11,13H,6-10H2,1-5H3. The predicted octanol–water partition coefficient (Wildman–Crippen LogP) is 2.21. The SMILES string of the molecule is CCNC(CC)COCCC(C)(C)OC. The Morgan fingerprint density at radius 1 is 1.27 bits per heavy atom. The maximum absolute atomic E-state index is 5.63. The van der Waals surface area contributed by atoms with Gasteiger partial charge in [-0.15, -0.1) is 0 Å². The van der Waals surface area contributed by atoms with Gasteiger partial charge in [0.1, 0.15) is 0 Å². The van der Waals surface area contributed by atoms with Gasteiger partial charge in [0.25, 0.3) is 0 Å². The highest BCUT2D eigenvalue weighted by Crippen LogP contribution is 2.12. The average molecular weight is 217 g/mol. The second-order valence-electron chi connectivity index (χ2n) is 4.45. The Labute approximate surface area is 94.5 Å². The Bertz CT molecular complexity index is 149. The number of nitrogens with one attached hydrogen (secondary N) is 1. The van der Waals surface area contributed by atoms with Crippen molar-refractivity contribution in [2.75, 3.05) is 26.9 Å². The quantitative estimate of drug-likeness (QED) is 0.601. The van der Waals surface area contributed by atoms with Crippen LogP contribution in [0.5, 0.6) is 0 Å². The number of likely N-dealkylation sites (N-methyl/N-ethyl adjacent to an activating group) is 1. The van der Waals surface area contributed by atoms with Gasteiger partial charge >= 0.3 is 0 Å². The fourth-order valence-corrected chi connectivity index (χ4v) is 1.26. The van der Waals surface area contributed by atoms with Crippen molar-refractivity contribution in [1.82, 2.24) is 5.32 Å². The molecule has 0 saturated heterocycles. The first kappa shape index (κ1) is 14.9. The smallest absolute Gasteiger partial charge is 0.0644 e. The van der Waals surface area contributed by atoms with Crippen molar-refractivity contribution in [2.24, 2.45) is 0 Å². The van der Waals surface area contributed by atoms with Gasteiger partial charge in [-0.3, -0.25) is 0 Å². The Balaban J connectivity index is 3.52. The van der Waals surface area contributed by atoms with E-state index in [9.17, 15) is 0 Å². The average Bonchev–Trinajstić information content (AvgIpc) is 2.22. The number of ether oxygens (including phenoxy) is 2. The summed E-state index contributed by atoms with van der Waals surface area (Å²) in [5.41, 5.74) is -0.0695. The molecule has 1 atom stereocenters. The second kappa shape index (κ2) is 8.08. The van der Waals surface area contributed by atoms with Crippen LogP contribution in [0.25, 0.3) is 0 Å². The zero-order valence-corrected chi connectivity index (χ0v) is 10.9. The second-order valence-corrected chi connectivity index (χ2v) is 4.45. The van der Waals surface area contributed by atoms with Crippen LogP contribution in [0, 0.1) is 0 Å².